The molecule has 8 aromatic carbocycles. The molecule has 0 bridgehead atoms. The summed E-state index contributed by atoms with van der Waals surface area (Å²) in [5, 5.41) is 2.51. The van der Waals surface area contributed by atoms with Crippen LogP contribution in [0.15, 0.2) is 182 Å². The molecule has 0 saturated carbocycles. The van der Waals surface area contributed by atoms with E-state index in [1.807, 2.05) is 0 Å². The molecule has 0 aliphatic carbocycles. The van der Waals surface area contributed by atoms with Crippen LogP contribution in [0.2, 0.25) is 0 Å². The first-order chi connectivity index (χ1) is 25.8. The van der Waals surface area contributed by atoms with Crippen LogP contribution in [0, 0.1) is 0 Å². The Hall–Kier alpha value is -6.78. The van der Waals surface area contributed by atoms with Gasteiger partial charge in [0, 0.05) is 32.9 Å². The van der Waals surface area contributed by atoms with Crippen molar-refractivity contribution < 1.29 is 9.39 Å². The molecule has 0 saturated heterocycles. The topological polar surface area (TPSA) is 23.4 Å². The molecule has 2 aliphatic heterocycles. The van der Waals surface area contributed by atoms with Crippen LogP contribution in [0.1, 0.15) is 0 Å². The van der Waals surface area contributed by atoms with Gasteiger partial charge in [-0.1, -0.05) is 133 Å². The lowest BCUT2D eigenvalue weighted by atomic mass is 9.51. The van der Waals surface area contributed by atoms with E-state index < -0.39 is 0 Å². The van der Waals surface area contributed by atoms with Crippen LogP contribution in [0.3, 0.4) is 0 Å². The van der Waals surface area contributed by atoms with Crippen LogP contribution in [-0.4, -0.2) is 11.5 Å². The van der Waals surface area contributed by atoms with Gasteiger partial charge < -0.3 is 14.0 Å². The second kappa shape index (κ2) is 11.4. The first-order valence-corrected chi connectivity index (χ1v) is 17.8. The Balaban J connectivity index is 0.973. The second-order valence-electron chi connectivity index (χ2n) is 13.6. The van der Waals surface area contributed by atoms with Crippen molar-refractivity contribution in [2.24, 2.45) is 0 Å². The van der Waals surface area contributed by atoms with Crippen molar-refractivity contribution in [3.8, 4) is 67.4 Å². The van der Waals surface area contributed by atoms with E-state index in [2.05, 4.69) is 187 Å². The first kappa shape index (κ1) is 29.0. The third-order valence-electron chi connectivity index (χ3n) is 10.7. The Morgan fingerprint density at radius 3 is 1.77 bits per heavy atom. The monoisotopic (exact) mass is 663 g/mol. The summed E-state index contributed by atoms with van der Waals surface area (Å²) < 4.78 is 16.0. The van der Waals surface area contributed by atoms with Crippen LogP contribution >= 0.6 is 0 Å². The lowest BCUT2D eigenvalue weighted by Crippen LogP contribution is -2.53. The molecule has 3 heterocycles. The highest BCUT2D eigenvalue weighted by molar-refractivity contribution is 6.84. The largest absolute Gasteiger partial charge is 0.551 e. The van der Waals surface area contributed by atoms with Crippen LogP contribution in [0.5, 0.6) is 17.2 Å². The van der Waals surface area contributed by atoms with Gasteiger partial charge >= 0.3 is 6.92 Å². The number of hydrogen-bond acceptors (Lipinski definition) is 2. The number of para-hydroxylation sites is 2. The molecule has 0 unspecified atom stereocenters. The number of fused-ring (bicyclic) bond motifs is 7. The zero-order chi connectivity index (χ0) is 34.2. The highest BCUT2D eigenvalue weighted by atomic mass is 16.5. The number of benzene rings is 8. The zero-order valence-corrected chi connectivity index (χ0v) is 28.2. The van der Waals surface area contributed by atoms with E-state index in [0.29, 0.717) is 0 Å². The average molecular weight is 664 g/mol. The Labute approximate surface area is 302 Å². The number of aromatic nitrogens is 1. The molecule has 0 N–H and O–H groups in total. The lowest BCUT2D eigenvalue weighted by Gasteiger charge is -2.33. The van der Waals surface area contributed by atoms with Crippen LogP contribution in [0.4, 0.5) is 0 Å². The Morgan fingerprint density at radius 2 is 0.981 bits per heavy atom. The van der Waals surface area contributed by atoms with E-state index in [4.69, 9.17) is 9.39 Å². The minimum absolute atomic E-state index is 0.272. The molecule has 0 fully saturated rings. The molecule has 0 spiro atoms. The molecule has 3 nitrogen and oxygen atoms in total. The van der Waals surface area contributed by atoms with E-state index >= 15 is 0 Å². The van der Waals surface area contributed by atoms with Gasteiger partial charge in [0.1, 0.15) is 17.2 Å². The molecular weight excluding hydrogens is 633 g/mol. The highest BCUT2D eigenvalue weighted by Gasteiger charge is 2.40. The van der Waals surface area contributed by atoms with Gasteiger partial charge in [-0.05, 0) is 87.5 Å². The Bertz CT molecular complexity index is 2820. The van der Waals surface area contributed by atoms with E-state index in [1.165, 1.54) is 32.9 Å². The fourth-order valence-corrected chi connectivity index (χ4v) is 8.24. The van der Waals surface area contributed by atoms with Crippen LogP contribution < -0.4 is 20.3 Å². The maximum Gasteiger partial charge on any atom is 0.434 e. The van der Waals surface area contributed by atoms with Crippen molar-refractivity contribution in [1.29, 1.82) is 0 Å². The number of rotatable bonds is 4. The molecule has 0 radical (unpaired) electrons. The van der Waals surface area contributed by atoms with Crippen molar-refractivity contribution in [2.75, 3.05) is 0 Å². The standard InChI is InChI=1S/C48H30BNO2/c1-2-11-31(12-3-1)32-13-8-14-33(27-32)35-23-25-40-41-19-10-22-45-48(41)49(52-46(40)29-35)42-26-24-36(30-47(42)51-45)34-15-9-16-37(28-34)50-43-20-6-4-17-38(43)39-18-5-7-21-44(39)50/h1-30H. The summed E-state index contributed by atoms with van der Waals surface area (Å²) in [6, 6.07) is 64.8. The van der Waals surface area contributed by atoms with Crippen molar-refractivity contribution in [1.82, 2.24) is 4.57 Å². The minimum atomic E-state index is -0.272. The number of nitrogens with zero attached hydrogens (tertiary/aromatic N) is 1. The van der Waals surface area contributed by atoms with E-state index in [-0.39, 0.29) is 6.92 Å². The van der Waals surface area contributed by atoms with Gasteiger partial charge in [0.05, 0.1) is 11.0 Å². The maximum atomic E-state index is 6.96. The summed E-state index contributed by atoms with van der Waals surface area (Å²) >= 11 is 0. The predicted octanol–water partition coefficient (Wildman–Crippen LogP) is 11.1. The zero-order valence-electron chi connectivity index (χ0n) is 28.2. The molecule has 242 valence electrons. The smallest absolute Gasteiger partial charge is 0.434 e. The average Bonchev–Trinajstić information content (AvgIpc) is 3.55. The maximum absolute atomic E-state index is 6.96. The van der Waals surface area contributed by atoms with Crippen LogP contribution in [0.25, 0.3) is 72.0 Å². The molecule has 2 aliphatic rings. The number of ether oxygens (including phenoxy) is 1. The first-order valence-electron chi connectivity index (χ1n) is 17.8. The Kier molecular flexibility index (Phi) is 6.35. The van der Waals surface area contributed by atoms with Gasteiger partial charge in [-0.15, -0.1) is 0 Å². The highest BCUT2D eigenvalue weighted by Crippen LogP contribution is 2.42. The fraction of sp³-hybridized carbons (Fsp3) is 0. The number of hydrogen-bond donors (Lipinski definition) is 0. The van der Waals surface area contributed by atoms with Crippen molar-refractivity contribution in [3.63, 3.8) is 0 Å². The normalized spacial score (nSPS) is 12.5. The van der Waals surface area contributed by atoms with Gasteiger partial charge in [-0.2, -0.15) is 0 Å². The quantitative estimate of drug-likeness (QED) is 0.175. The lowest BCUT2D eigenvalue weighted by molar-refractivity contribution is 0.479. The van der Waals surface area contributed by atoms with E-state index in [0.717, 1.165) is 67.2 Å². The van der Waals surface area contributed by atoms with Gasteiger partial charge in [-0.25, -0.2) is 0 Å². The predicted molar refractivity (Wildman–Crippen MR) is 215 cm³/mol. The van der Waals surface area contributed by atoms with Crippen molar-refractivity contribution in [3.05, 3.63) is 182 Å². The molecule has 0 amide bonds. The molecule has 9 aromatic rings. The summed E-state index contributed by atoms with van der Waals surface area (Å²) in [6.07, 6.45) is 0. The van der Waals surface area contributed by atoms with E-state index in [9.17, 15) is 0 Å². The fourth-order valence-electron chi connectivity index (χ4n) is 8.24. The summed E-state index contributed by atoms with van der Waals surface area (Å²) in [5.41, 5.74) is 14.8. The molecule has 4 heteroatoms. The summed E-state index contributed by atoms with van der Waals surface area (Å²) in [6.45, 7) is -0.272. The van der Waals surface area contributed by atoms with Crippen molar-refractivity contribution >= 4 is 39.6 Å². The molecule has 1 aromatic heterocycles. The summed E-state index contributed by atoms with van der Waals surface area (Å²) in [4.78, 5) is 0. The van der Waals surface area contributed by atoms with Crippen molar-refractivity contribution in [2.45, 2.75) is 0 Å². The van der Waals surface area contributed by atoms with Gasteiger partial charge in [0.25, 0.3) is 0 Å². The van der Waals surface area contributed by atoms with Gasteiger partial charge in [-0.3, -0.25) is 0 Å². The molecule has 52 heavy (non-hydrogen) atoms. The summed E-state index contributed by atoms with van der Waals surface area (Å²) in [5.74, 6) is 2.55. The van der Waals surface area contributed by atoms with Gasteiger partial charge in [0.15, 0.2) is 0 Å². The van der Waals surface area contributed by atoms with E-state index in [1.54, 1.807) is 0 Å². The third-order valence-corrected chi connectivity index (χ3v) is 10.7. The SMILES string of the molecule is c1ccc(-c2cccc(-c3ccc4c(c3)OB3c5ccc(-c6cccc(-n7c8ccccc8c8ccccc87)c6)cc5Oc5cccc-4c53)c2)cc1. The molecule has 0 atom stereocenters. The molecular formula is C48H30BNO2. The molecule has 11 rings (SSSR count). The van der Waals surface area contributed by atoms with Crippen LogP contribution in [-0.2, 0) is 0 Å². The summed E-state index contributed by atoms with van der Waals surface area (Å²) in [7, 11) is 0. The second-order valence-corrected chi connectivity index (χ2v) is 13.6. The third kappa shape index (κ3) is 4.48. The van der Waals surface area contributed by atoms with Gasteiger partial charge in [0.2, 0.25) is 0 Å². The Morgan fingerprint density at radius 1 is 0.385 bits per heavy atom. The minimum Gasteiger partial charge on any atom is -0.551 e.